The molecule has 3 rings (SSSR count). The van der Waals surface area contributed by atoms with Crippen molar-refractivity contribution in [1.29, 1.82) is 0 Å². The van der Waals surface area contributed by atoms with Crippen molar-refractivity contribution in [1.82, 2.24) is 9.80 Å². The van der Waals surface area contributed by atoms with E-state index in [-0.39, 0.29) is 23.6 Å². The zero-order chi connectivity index (χ0) is 18.0. The molecule has 1 aromatic carbocycles. The predicted molar refractivity (Wildman–Crippen MR) is 97.7 cm³/mol. The summed E-state index contributed by atoms with van der Waals surface area (Å²) in [5.74, 6) is 0.435. The molecule has 1 aromatic rings. The minimum absolute atomic E-state index is 0.0241. The Hall–Kier alpha value is -2.02. The van der Waals surface area contributed by atoms with Gasteiger partial charge in [0.1, 0.15) is 0 Å². The zero-order valence-corrected chi connectivity index (χ0v) is 15.4. The second kappa shape index (κ2) is 7.47. The number of carbonyl (C=O) groups is 3. The summed E-state index contributed by atoms with van der Waals surface area (Å²) in [6.07, 6.45) is 0.779. The maximum Gasteiger partial charge on any atom is 0.253 e. The standard InChI is InChI=1S/C18H23N3O3S/c1-12(2)17(23)20-6-3-7-21(9-8-20)18(24)13-4-5-15-14(10-13)19-16(22)11-25-15/h4-5,10,12H,3,6-9,11H2,1-2H3,(H,19,22). The Morgan fingerprint density at radius 1 is 1.12 bits per heavy atom. The SMILES string of the molecule is CC(C)C(=O)N1CCCN(C(=O)c2ccc3c(c2)NC(=O)CS3)CC1. The van der Waals surface area contributed by atoms with Crippen LogP contribution in [-0.2, 0) is 9.59 Å². The fourth-order valence-electron chi connectivity index (χ4n) is 3.10. The van der Waals surface area contributed by atoms with E-state index in [2.05, 4.69) is 5.32 Å². The third-order valence-corrected chi connectivity index (χ3v) is 5.52. The van der Waals surface area contributed by atoms with Crippen molar-refractivity contribution in [3.05, 3.63) is 23.8 Å². The molecule has 0 bridgehead atoms. The number of amides is 3. The first kappa shape index (κ1) is 17.8. The molecule has 3 amide bonds. The van der Waals surface area contributed by atoms with Gasteiger partial charge in [0, 0.05) is 42.6 Å². The number of benzene rings is 1. The van der Waals surface area contributed by atoms with Crippen molar-refractivity contribution in [3.8, 4) is 0 Å². The molecule has 2 aliphatic rings. The number of nitrogens with one attached hydrogen (secondary N) is 1. The van der Waals surface area contributed by atoms with Crippen molar-refractivity contribution >= 4 is 35.2 Å². The van der Waals surface area contributed by atoms with Crippen LogP contribution in [-0.4, -0.2) is 59.5 Å². The van der Waals surface area contributed by atoms with E-state index in [1.807, 2.05) is 30.9 Å². The maximum atomic E-state index is 12.8. The van der Waals surface area contributed by atoms with E-state index in [0.29, 0.717) is 43.2 Å². The summed E-state index contributed by atoms with van der Waals surface area (Å²) < 4.78 is 0. The fraction of sp³-hybridized carbons (Fsp3) is 0.500. The van der Waals surface area contributed by atoms with Gasteiger partial charge in [0.15, 0.2) is 0 Å². The summed E-state index contributed by atoms with van der Waals surface area (Å²) in [6.45, 7) is 6.23. The van der Waals surface area contributed by atoms with Gasteiger partial charge in [-0.25, -0.2) is 0 Å². The van der Waals surface area contributed by atoms with Crippen LogP contribution in [0.25, 0.3) is 0 Å². The first-order valence-corrected chi connectivity index (χ1v) is 9.59. The lowest BCUT2D eigenvalue weighted by atomic mass is 10.1. The van der Waals surface area contributed by atoms with Gasteiger partial charge in [-0.3, -0.25) is 14.4 Å². The van der Waals surface area contributed by atoms with E-state index >= 15 is 0 Å². The summed E-state index contributed by atoms with van der Waals surface area (Å²) in [6, 6.07) is 5.45. The lowest BCUT2D eigenvalue weighted by Gasteiger charge is -2.24. The van der Waals surface area contributed by atoms with E-state index in [4.69, 9.17) is 0 Å². The van der Waals surface area contributed by atoms with Gasteiger partial charge in [0.05, 0.1) is 11.4 Å². The van der Waals surface area contributed by atoms with Gasteiger partial charge in [-0.2, -0.15) is 0 Å². The topological polar surface area (TPSA) is 69.7 Å². The Kier molecular flexibility index (Phi) is 5.32. The molecule has 0 unspecified atom stereocenters. The highest BCUT2D eigenvalue weighted by molar-refractivity contribution is 8.00. The molecule has 1 saturated heterocycles. The van der Waals surface area contributed by atoms with Gasteiger partial charge >= 0.3 is 0 Å². The third kappa shape index (κ3) is 3.98. The number of anilines is 1. The predicted octanol–water partition coefficient (Wildman–Crippen LogP) is 2.06. The van der Waals surface area contributed by atoms with Crippen molar-refractivity contribution in [2.45, 2.75) is 25.2 Å². The lowest BCUT2D eigenvalue weighted by Crippen LogP contribution is -2.39. The van der Waals surface area contributed by atoms with Crippen molar-refractivity contribution < 1.29 is 14.4 Å². The quantitative estimate of drug-likeness (QED) is 0.875. The average molecular weight is 361 g/mol. The van der Waals surface area contributed by atoms with Crippen LogP contribution in [0, 0.1) is 5.92 Å². The lowest BCUT2D eigenvalue weighted by molar-refractivity contribution is -0.134. The number of hydrogen-bond donors (Lipinski definition) is 1. The van der Waals surface area contributed by atoms with Crippen LogP contribution in [0.1, 0.15) is 30.6 Å². The Bertz CT molecular complexity index is 705. The Labute approximate surface area is 151 Å². The van der Waals surface area contributed by atoms with Crippen molar-refractivity contribution in [3.63, 3.8) is 0 Å². The maximum absolute atomic E-state index is 12.8. The highest BCUT2D eigenvalue weighted by Crippen LogP contribution is 2.32. The van der Waals surface area contributed by atoms with Crippen LogP contribution >= 0.6 is 11.8 Å². The molecule has 0 radical (unpaired) electrons. The van der Waals surface area contributed by atoms with Crippen LogP contribution in [0.15, 0.2) is 23.1 Å². The molecule has 25 heavy (non-hydrogen) atoms. The largest absolute Gasteiger partial charge is 0.341 e. The number of nitrogens with zero attached hydrogens (tertiary/aromatic N) is 2. The Morgan fingerprint density at radius 2 is 1.84 bits per heavy atom. The van der Waals surface area contributed by atoms with Crippen LogP contribution in [0.2, 0.25) is 0 Å². The van der Waals surface area contributed by atoms with Gasteiger partial charge in [0.2, 0.25) is 11.8 Å². The van der Waals surface area contributed by atoms with Crippen LogP contribution in [0.4, 0.5) is 5.69 Å². The van der Waals surface area contributed by atoms with Crippen molar-refractivity contribution in [2.75, 3.05) is 37.2 Å². The smallest absolute Gasteiger partial charge is 0.253 e. The van der Waals surface area contributed by atoms with Gasteiger partial charge in [-0.05, 0) is 24.6 Å². The molecule has 7 heteroatoms. The highest BCUT2D eigenvalue weighted by Gasteiger charge is 2.25. The Balaban J connectivity index is 1.70. The second-order valence-corrected chi connectivity index (χ2v) is 7.69. The van der Waals surface area contributed by atoms with Crippen molar-refractivity contribution in [2.24, 2.45) is 5.92 Å². The first-order valence-electron chi connectivity index (χ1n) is 8.60. The zero-order valence-electron chi connectivity index (χ0n) is 14.6. The summed E-state index contributed by atoms with van der Waals surface area (Å²) >= 11 is 1.48. The third-order valence-electron chi connectivity index (χ3n) is 4.45. The molecule has 0 aromatic heterocycles. The molecule has 1 fully saturated rings. The number of hydrogen-bond acceptors (Lipinski definition) is 4. The van der Waals surface area contributed by atoms with Gasteiger partial charge in [-0.1, -0.05) is 13.8 Å². The minimum atomic E-state index is -0.0496. The van der Waals surface area contributed by atoms with E-state index < -0.39 is 0 Å². The molecular formula is C18H23N3O3S. The number of carbonyl (C=O) groups excluding carboxylic acids is 3. The summed E-state index contributed by atoms with van der Waals surface area (Å²) in [4.78, 5) is 41.2. The molecule has 0 aliphatic carbocycles. The molecule has 2 heterocycles. The molecular weight excluding hydrogens is 338 g/mol. The molecule has 0 spiro atoms. The first-order chi connectivity index (χ1) is 12.0. The normalized spacial score (nSPS) is 17.8. The molecule has 134 valence electrons. The minimum Gasteiger partial charge on any atom is -0.341 e. The van der Waals surface area contributed by atoms with Crippen LogP contribution in [0.5, 0.6) is 0 Å². The van der Waals surface area contributed by atoms with Gasteiger partial charge in [0.25, 0.3) is 5.91 Å². The Morgan fingerprint density at radius 3 is 2.60 bits per heavy atom. The summed E-state index contributed by atoms with van der Waals surface area (Å²) in [5, 5.41) is 2.82. The van der Waals surface area contributed by atoms with E-state index in [9.17, 15) is 14.4 Å². The molecule has 0 saturated carbocycles. The highest BCUT2D eigenvalue weighted by atomic mass is 32.2. The second-order valence-electron chi connectivity index (χ2n) is 6.67. The number of thioether (sulfide) groups is 1. The molecule has 0 atom stereocenters. The fourth-order valence-corrected chi connectivity index (χ4v) is 3.89. The van der Waals surface area contributed by atoms with Gasteiger partial charge < -0.3 is 15.1 Å². The van der Waals surface area contributed by atoms with E-state index in [1.54, 1.807) is 11.0 Å². The number of fused-ring (bicyclic) bond motifs is 1. The molecule has 1 N–H and O–H groups in total. The molecule has 6 nitrogen and oxygen atoms in total. The average Bonchev–Trinajstić information content (AvgIpc) is 2.85. The van der Waals surface area contributed by atoms with E-state index in [1.165, 1.54) is 11.8 Å². The van der Waals surface area contributed by atoms with Crippen LogP contribution < -0.4 is 5.32 Å². The summed E-state index contributed by atoms with van der Waals surface area (Å²) in [7, 11) is 0. The van der Waals surface area contributed by atoms with Gasteiger partial charge in [-0.15, -0.1) is 11.8 Å². The van der Waals surface area contributed by atoms with Crippen LogP contribution in [0.3, 0.4) is 0 Å². The number of rotatable bonds is 2. The molecule has 2 aliphatic heterocycles. The monoisotopic (exact) mass is 361 g/mol. The van der Waals surface area contributed by atoms with E-state index in [0.717, 1.165) is 11.3 Å². The summed E-state index contributed by atoms with van der Waals surface area (Å²) in [5.41, 5.74) is 1.28.